The largest absolute Gasteiger partial charge is 0.389 e. The van der Waals surface area contributed by atoms with Gasteiger partial charge in [-0.05, 0) is 60.5 Å². The van der Waals surface area contributed by atoms with E-state index >= 15 is 0 Å². The molecule has 1 aromatic heterocycles. The fourth-order valence-electron chi connectivity index (χ4n) is 3.61. The van der Waals surface area contributed by atoms with Gasteiger partial charge in [-0.3, -0.25) is 0 Å². The Kier molecular flexibility index (Phi) is 5.76. The highest BCUT2D eigenvalue weighted by atomic mass is 79.9. The van der Waals surface area contributed by atoms with Crippen LogP contribution in [0.4, 0.5) is 5.69 Å². The maximum Gasteiger partial charge on any atom is 0.0891 e. The van der Waals surface area contributed by atoms with Crippen LogP contribution in [0.3, 0.4) is 0 Å². The van der Waals surface area contributed by atoms with E-state index in [0.717, 1.165) is 32.1 Å². The average molecular weight is 502 g/mol. The van der Waals surface area contributed by atoms with E-state index in [9.17, 15) is 5.11 Å². The van der Waals surface area contributed by atoms with E-state index in [1.54, 1.807) is 0 Å². The summed E-state index contributed by atoms with van der Waals surface area (Å²) < 4.78 is 4.31. The van der Waals surface area contributed by atoms with Gasteiger partial charge in [0.2, 0.25) is 0 Å². The van der Waals surface area contributed by atoms with Gasteiger partial charge in [-0.25, -0.2) is 0 Å². The van der Waals surface area contributed by atoms with Gasteiger partial charge in [0.25, 0.3) is 0 Å². The average Bonchev–Trinajstić information content (AvgIpc) is 2.99. The number of halogens is 2. The van der Waals surface area contributed by atoms with E-state index in [0.29, 0.717) is 13.1 Å². The molecule has 1 heterocycles. The molecule has 3 nitrogen and oxygen atoms in total. The van der Waals surface area contributed by atoms with Crippen molar-refractivity contribution in [3.63, 3.8) is 0 Å². The number of nitrogens with one attached hydrogen (secondary N) is 1. The maximum absolute atomic E-state index is 10.7. The maximum atomic E-state index is 10.7. The molecule has 0 bridgehead atoms. The fraction of sp³-hybridized carbons (Fsp3) is 0.217. The van der Waals surface area contributed by atoms with Crippen LogP contribution in [0.2, 0.25) is 0 Å². The van der Waals surface area contributed by atoms with Crippen LogP contribution < -0.4 is 5.32 Å². The first kappa shape index (κ1) is 19.5. The highest BCUT2D eigenvalue weighted by Crippen LogP contribution is 2.33. The number of anilines is 1. The van der Waals surface area contributed by atoms with Crippen molar-refractivity contribution in [1.82, 2.24) is 4.57 Å². The zero-order chi connectivity index (χ0) is 19.7. The molecular formula is C23H22Br2N2O. The Morgan fingerprint density at radius 3 is 2.00 bits per heavy atom. The summed E-state index contributed by atoms with van der Waals surface area (Å²) in [5, 5.41) is 16.4. The quantitative estimate of drug-likeness (QED) is 0.322. The number of hydrogen-bond acceptors (Lipinski definition) is 2. The Morgan fingerprint density at radius 2 is 1.46 bits per heavy atom. The number of aliphatic hydroxyl groups excluding tert-OH is 1. The van der Waals surface area contributed by atoms with E-state index in [1.807, 2.05) is 12.1 Å². The van der Waals surface area contributed by atoms with Crippen molar-refractivity contribution in [2.75, 3.05) is 11.9 Å². The Bertz CT molecular complexity index is 1060. The molecule has 0 amide bonds. The molecule has 0 saturated heterocycles. The lowest BCUT2D eigenvalue weighted by Crippen LogP contribution is -2.24. The molecule has 0 aliphatic rings. The Balaban J connectivity index is 1.59. The zero-order valence-corrected chi connectivity index (χ0v) is 18.8. The summed E-state index contributed by atoms with van der Waals surface area (Å²) in [4.78, 5) is 0. The highest BCUT2D eigenvalue weighted by molar-refractivity contribution is 9.10. The van der Waals surface area contributed by atoms with Crippen molar-refractivity contribution >= 4 is 59.4 Å². The van der Waals surface area contributed by atoms with Gasteiger partial charge in [-0.1, -0.05) is 50.9 Å². The summed E-state index contributed by atoms with van der Waals surface area (Å²) in [6, 6.07) is 21.0. The lowest BCUT2D eigenvalue weighted by molar-refractivity contribution is 0.169. The molecule has 0 aliphatic carbocycles. The van der Waals surface area contributed by atoms with Crippen molar-refractivity contribution in [2.24, 2.45) is 0 Å². The Labute approximate surface area is 181 Å². The first-order valence-electron chi connectivity index (χ1n) is 9.43. The van der Waals surface area contributed by atoms with Crippen LogP contribution in [-0.4, -0.2) is 22.3 Å². The van der Waals surface area contributed by atoms with E-state index < -0.39 is 6.10 Å². The predicted octanol–water partition coefficient (Wildman–Crippen LogP) is 6.35. The minimum Gasteiger partial charge on any atom is -0.389 e. The molecule has 0 fully saturated rings. The summed E-state index contributed by atoms with van der Waals surface area (Å²) in [6.07, 6.45) is 0.528. The molecule has 0 aliphatic heterocycles. The number of aryl methyl sites for hydroxylation is 1. The molecule has 0 spiro atoms. The monoisotopic (exact) mass is 500 g/mol. The van der Waals surface area contributed by atoms with Gasteiger partial charge in [-0.2, -0.15) is 0 Å². The topological polar surface area (TPSA) is 37.2 Å². The molecule has 5 heteroatoms. The van der Waals surface area contributed by atoms with Gasteiger partial charge in [-0.15, -0.1) is 0 Å². The van der Waals surface area contributed by atoms with Crippen LogP contribution in [0.25, 0.3) is 21.8 Å². The lowest BCUT2D eigenvalue weighted by Gasteiger charge is -2.16. The van der Waals surface area contributed by atoms with Crippen molar-refractivity contribution in [2.45, 2.75) is 26.0 Å². The summed E-state index contributed by atoms with van der Waals surface area (Å²) in [5.74, 6) is 0. The first-order chi connectivity index (χ1) is 13.5. The minimum atomic E-state index is -0.503. The number of rotatable bonds is 6. The summed E-state index contributed by atoms with van der Waals surface area (Å²) >= 11 is 7.15. The van der Waals surface area contributed by atoms with Crippen molar-refractivity contribution in [3.05, 3.63) is 75.2 Å². The third-order valence-electron chi connectivity index (χ3n) is 5.09. The second kappa shape index (κ2) is 8.27. The normalized spacial score (nSPS) is 12.6. The second-order valence-corrected chi connectivity index (χ2v) is 8.85. The molecule has 28 heavy (non-hydrogen) atoms. The van der Waals surface area contributed by atoms with Gasteiger partial charge in [0.05, 0.1) is 12.6 Å². The van der Waals surface area contributed by atoms with Gasteiger partial charge < -0.3 is 15.0 Å². The van der Waals surface area contributed by atoms with Crippen LogP contribution in [0.5, 0.6) is 0 Å². The molecular weight excluding hydrogens is 480 g/mol. The molecule has 4 rings (SSSR count). The third-order valence-corrected chi connectivity index (χ3v) is 6.07. The standard InChI is InChI=1S/C23H22Br2N2O/c1-2-15-3-7-18(8-4-15)26-13-19(28)14-27-22-9-5-16(24)11-20(22)21-12-17(25)6-10-23(21)27/h3-12,19,26,28H,2,13-14H2,1H3/t19-/m0/s1. The van der Waals surface area contributed by atoms with Gasteiger partial charge >= 0.3 is 0 Å². The number of nitrogens with zero attached hydrogens (tertiary/aromatic N) is 1. The van der Waals surface area contributed by atoms with Crippen LogP contribution >= 0.6 is 31.9 Å². The Morgan fingerprint density at radius 1 is 0.893 bits per heavy atom. The number of benzene rings is 3. The SMILES string of the molecule is CCc1ccc(NC[C@H](O)Cn2c3ccc(Br)cc3c3cc(Br)ccc32)cc1. The number of aliphatic hydroxyl groups is 1. The third kappa shape index (κ3) is 3.97. The summed E-state index contributed by atoms with van der Waals surface area (Å²) in [5.41, 5.74) is 4.60. The van der Waals surface area contributed by atoms with Gasteiger partial charge in [0.1, 0.15) is 0 Å². The molecule has 3 aromatic carbocycles. The highest BCUT2D eigenvalue weighted by Gasteiger charge is 2.14. The summed E-state index contributed by atoms with van der Waals surface area (Å²) in [6.45, 7) is 3.18. The van der Waals surface area contributed by atoms with Gasteiger partial charge in [0, 0.05) is 43.0 Å². The van der Waals surface area contributed by atoms with E-state index in [4.69, 9.17) is 0 Å². The molecule has 2 N–H and O–H groups in total. The number of fused-ring (bicyclic) bond motifs is 3. The molecule has 0 radical (unpaired) electrons. The second-order valence-electron chi connectivity index (χ2n) is 7.02. The molecule has 0 unspecified atom stereocenters. The molecule has 4 aromatic rings. The molecule has 144 valence electrons. The smallest absolute Gasteiger partial charge is 0.0891 e. The van der Waals surface area contributed by atoms with Crippen molar-refractivity contribution < 1.29 is 5.11 Å². The number of hydrogen-bond donors (Lipinski definition) is 2. The number of aromatic nitrogens is 1. The molecule has 1 atom stereocenters. The van der Waals surface area contributed by atoms with E-state index in [-0.39, 0.29) is 0 Å². The van der Waals surface area contributed by atoms with E-state index in [2.05, 4.69) is 97.2 Å². The summed E-state index contributed by atoms with van der Waals surface area (Å²) in [7, 11) is 0. The van der Waals surface area contributed by atoms with Crippen LogP contribution in [0.1, 0.15) is 12.5 Å². The molecule has 0 saturated carbocycles. The van der Waals surface area contributed by atoms with Gasteiger partial charge in [0.15, 0.2) is 0 Å². The van der Waals surface area contributed by atoms with Crippen LogP contribution in [0, 0.1) is 0 Å². The predicted molar refractivity (Wildman–Crippen MR) is 125 cm³/mol. The van der Waals surface area contributed by atoms with E-state index in [1.165, 1.54) is 16.3 Å². The van der Waals surface area contributed by atoms with Crippen LogP contribution in [-0.2, 0) is 13.0 Å². The minimum absolute atomic E-state index is 0.500. The zero-order valence-electron chi connectivity index (χ0n) is 15.6. The van der Waals surface area contributed by atoms with Crippen molar-refractivity contribution in [1.29, 1.82) is 0 Å². The van der Waals surface area contributed by atoms with Crippen molar-refractivity contribution in [3.8, 4) is 0 Å². The fourth-order valence-corrected chi connectivity index (χ4v) is 4.34. The Hall–Kier alpha value is -1.82. The van der Waals surface area contributed by atoms with Crippen LogP contribution in [0.15, 0.2) is 69.6 Å². The lowest BCUT2D eigenvalue weighted by atomic mass is 10.1. The first-order valence-corrected chi connectivity index (χ1v) is 11.0.